The minimum Gasteiger partial charge on any atom is -0.293 e. The van der Waals surface area contributed by atoms with Crippen molar-refractivity contribution in [1.82, 2.24) is 24.6 Å². The Bertz CT molecular complexity index is 976. The average molecular weight is 561 g/mol. The lowest BCUT2D eigenvalue weighted by molar-refractivity contribution is 0.326. The Balaban J connectivity index is 0. The first-order chi connectivity index (χ1) is 16.5. The predicted molar refractivity (Wildman–Crippen MR) is 163 cm³/mol. The van der Waals surface area contributed by atoms with Gasteiger partial charge >= 0.3 is 15.9 Å². The van der Waals surface area contributed by atoms with Crippen LogP contribution >= 0.6 is 0 Å². The van der Waals surface area contributed by atoms with Gasteiger partial charge in [0.15, 0.2) is 0 Å². The molecule has 1 aromatic rings. The van der Waals surface area contributed by atoms with E-state index >= 15 is 0 Å². The van der Waals surface area contributed by atoms with E-state index in [0.717, 1.165) is 29.5 Å². The molecule has 1 aliphatic heterocycles. The van der Waals surface area contributed by atoms with E-state index in [1.54, 1.807) is 13.8 Å². The van der Waals surface area contributed by atoms with Gasteiger partial charge in [-0.25, -0.2) is 9.48 Å². The molecule has 10 heteroatoms. The number of hydrazine groups is 1. The van der Waals surface area contributed by atoms with Gasteiger partial charge in [-0.3, -0.25) is 10.4 Å². The van der Waals surface area contributed by atoms with Crippen molar-refractivity contribution in [3.63, 3.8) is 0 Å². The molecule has 0 amide bonds. The van der Waals surface area contributed by atoms with E-state index in [9.17, 15) is 13.2 Å². The molecule has 1 saturated carbocycles. The fourth-order valence-corrected chi connectivity index (χ4v) is 5.55. The fourth-order valence-electron chi connectivity index (χ4n) is 4.22. The van der Waals surface area contributed by atoms with E-state index in [-0.39, 0.29) is 44.5 Å². The van der Waals surface area contributed by atoms with Gasteiger partial charge in [0.1, 0.15) is 11.7 Å². The highest BCUT2D eigenvalue weighted by Crippen LogP contribution is 2.39. The number of nitrogens with one attached hydrogen (secondary N) is 2. The van der Waals surface area contributed by atoms with E-state index < -0.39 is 10.2 Å². The van der Waals surface area contributed by atoms with Crippen molar-refractivity contribution in [1.29, 1.82) is 0 Å². The molecule has 226 valence electrons. The molecule has 1 aliphatic carbocycles. The number of hydrogen-bond acceptors (Lipinski definition) is 5. The van der Waals surface area contributed by atoms with Crippen molar-refractivity contribution >= 4 is 16.0 Å². The van der Waals surface area contributed by atoms with Gasteiger partial charge in [-0.2, -0.15) is 13.5 Å². The number of nitrogens with zero attached hydrogens (tertiary/aromatic N) is 4. The molecular weight excluding hydrogens is 500 g/mol. The highest BCUT2D eigenvalue weighted by molar-refractivity contribution is 7.88. The van der Waals surface area contributed by atoms with Gasteiger partial charge in [0.25, 0.3) is 0 Å². The molecule has 1 fully saturated rings. The highest BCUT2D eigenvalue weighted by atomic mass is 32.2. The Morgan fingerprint density at radius 3 is 1.47 bits per heavy atom. The zero-order valence-electron chi connectivity index (χ0n) is 24.7. The second kappa shape index (κ2) is 16.4. The van der Waals surface area contributed by atoms with Gasteiger partial charge in [0.2, 0.25) is 0 Å². The Kier molecular flexibility index (Phi) is 16.6. The average Bonchev–Trinajstić information content (AvgIpc) is 3.45. The largest absolute Gasteiger partial charge is 0.343 e. The lowest BCUT2D eigenvalue weighted by atomic mass is 9.89. The number of hydrogen-bond donors (Lipinski definition) is 2. The van der Waals surface area contributed by atoms with Crippen molar-refractivity contribution in [2.75, 3.05) is 0 Å². The molecule has 0 spiro atoms. The first-order valence-electron chi connectivity index (χ1n) is 13.6. The van der Waals surface area contributed by atoms with Crippen LogP contribution in [0.3, 0.4) is 0 Å². The number of amidine groups is 1. The third-order valence-electron chi connectivity index (χ3n) is 6.80. The van der Waals surface area contributed by atoms with Gasteiger partial charge < -0.3 is 0 Å². The summed E-state index contributed by atoms with van der Waals surface area (Å²) in [6, 6.07) is 0.00579. The van der Waals surface area contributed by atoms with Crippen LogP contribution in [-0.2, 0) is 10.2 Å². The number of rotatable bonds is 6. The zero-order chi connectivity index (χ0) is 28.0. The molecule has 0 aromatic carbocycles. The van der Waals surface area contributed by atoms with Gasteiger partial charge in [-0.05, 0) is 70.6 Å². The van der Waals surface area contributed by atoms with E-state index in [0.29, 0.717) is 5.84 Å². The summed E-state index contributed by atoms with van der Waals surface area (Å²) < 4.78 is 29.1. The second-order valence-corrected chi connectivity index (χ2v) is 13.4. The van der Waals surface area contributed by atoms with Crippen molar-refractivity contribution in [3.05, 3.63) is 16.3 Å². The fraction of sp³-hybridized carbons (Fsp3) is 0.893. The molecule has 2 N–H and O–H groups in total. The van der Waals surface area contributed by atoms with E-state index in [1.165, 1.54) is 28.4 Å². The summed E-state index contributed by atoms with van der Waals surface area (Å²) in [7, 11) is -3.47. The third-order valence-corrected chi connectivity index (χ3v) is 8.23. The quantitative estimate of drug-likeness (QED) is 0.398. The molecule has 0 bridgehead atoms. The zero-order valence-corrected chi connectivity index (χ0v) is 25.5. The SMILES string of the molecule is C.C.CC(C)C1=NS(=O)(=O)N(C(C)C)N1.CC(C)C1CCC(C(C)C)C1.CC(C)c1nn(C(C)C)c(=O)[nH]1. The number of H-pyrrole nitrogens is 1. The number of aromatic amines is 1. The molecule has 2 atom stereocenters. The summed E-state index contributed by atoms with van der Waals surface area (Å²) in [6.07, 6.45) is 4.47. The first kappa shape index (κ1) is 38.5. The minimum atomic E-state index is -3.47. The van der Waals surface area contributed by atoms with E-state index in [4.69, 9.17) is 0 Å². The lowest BCUT2D eigenvalue weighted by Gasteiger charge is -2.18. The summed E-state index contributed by atoms with van der Waals surface area (Å²) in [5.41, 5.74) is 2.66. The molecule has 2 heterocycles. The molecular formula is C28H60N6O3S. The van der Waals surface area contributed by atoms with Gasteiger partial charge in [0.05, 0.1) is 6.04 Å². The summed E-state index contributed by atoms with van der Waals surface area (Å²) in [5.74, 6) is 5.53. The molecule has 0 radical (unpaired) electrons. The van der Waals surface area contributed by atoms with Crippen LogP contribution in [-0.4, -0.2) is 39.5 Å². The van der Waals surface area contributed by atoms with Crippen molar-refractivity contribution in [3.8, 4) is 0 Å². The van der Waals surface area contributed by atoms with Crippen molar-refractivity contribution < 1.29 is 8.42 Å². The Hall–Kier alpha value is -1.68. The van der Waals surface area contributed by atoms with Crippen LogP contribution in [0.5, 0.6) is 0 Å². The molecule has 9 nitrogen and oxygen atoms in total. The van der Waals surface area contributed by atoms with Gasteiger partial charge in [-0.1, -0.05) is 74.7 Å². The van der Waals surface area contributed by atoms with E-state index in [2.05, 4.69) is 47.6 Å². The number of aromatic nitrogens is 3. The van der Waals surface area contributed by atoms with Crippen LogP contribution in [0.25, 0.3) is 0 Å². The maximum atomic E-state index is 11.4. The van der Waals surface area contributed by atoms with Crippen LogP contribution in [0.15, 0.2) is 9.19 Å². The molecule has 2 aliphatic rings. The maximum Gasteiger partial charge on any atom is 0.343 e. The summed E-state index contributed by atoms with van der Waals surface area (Å²) in [6.45, 7) is 24.7. The second-order valence-electron chi connectivity index (χ2n) is 11.9. The topological polar surface area (TPSA) is 112 Å². The summed E-state index contributed by atoms with van der Waals surface area (Å²) in [4.78, 5) is 14.0. The summed E-state index contributed by atoms with van der Waals surface area (Å²) >= 11 is 0. The highest BCUT2D eigenvalue weighted by Gasteiger charge is 2.33. The Labute approximate surface area is 234 Å². The van der Waals surface area contributed by atoms with Crippen LogP contribution < -0.4 is 11.1 Å². The van der Waals surface area contributed by atoms with Crippen LogP contribution in [0.1, 0.15) is 135 Å². The van der Waals surface area contributed by atoms with Gasteiger partial charge in [-0.15, -0.1) is 4.40 Å². The molecule has 2 unspecified atom stereocenters. The standard InChI is InChI=1S/C11H22.C8H15N3O.C7H15N3O2S.2CH4/c1-8(2)10-5-6-11(7-10)9(3)4;1-5(2)7-9-8(12)11(10-7)6(3)4;1-5(2)7-8-10(6(3)4)13(11,12)9-7;;/h8-11H,5-7H2,1-4H3;5-6H,1-4H3,(H,9,10,12);5-6H,1-4H3,(H,8,9);2*1H4. The van der Waals surface area contributed by atoms with Crippen LogP contribution in [0.2, 0.25) is 0 Å². The van der Waals surface area contributed by atoms with Crippen molar-refractivity contribution in [2.45, 2.75) is 135 Å². The Morgan fingerprint density at radius 2 is 1.26 bits per heavy atom. The van der Waals surface area contributed by atoms with Crippen LogP contribution in [0.4, 0.5) is 0 Å². The monoisotopic (exact) mass is 560 g/mol. The third kappa shape index (κ3) is 11.2. The normalized spacial score (nSPS) is 20.5. The molecule has 38 heavy (non-hydrogen) atoms. The first-order valence-corrected chi connectivity index (χ1v) is 15.0. The maximum absolute atomic E-state index is 11.4. The smallest absolute Gasteiger partial charge is 0.293 e. The molecule has 3 rings (SSSR count). The summed E-state index contributed by atoms with van der Waals surface area (Å²) in [5, 5.41) is 4.16. The van der Waals surface area contributed by atoms with E-state index in [1.807, 2.05) is 41.5 Å². The van der Waals surface area contributed by atoms with Crippen LogP contribution in [0, 0.1) is 29.6 Å². The predicted octanol–water partition coefficient (Wildman–Crippen LogP) is 6.78. The molecule has 0 saturated heterocycles. The molecule has 1 aromatic heterocycles. The van der Waals surface area contributed by atoms with Crippen molar-refractivity contribution in [2.24, 2.45) is 34.0 Å². The van der Waals surface area contributed by atoms with Gasteiger partial charge in [0, 0.05) is 17.9 Å². The minimum absolute atomic E-state index is 0. The lowest BCUT2D eigenvalue weighted by Crippen LogP contribution is -2.44. The Morgan fingerprint density at radius 1 is 0.789 bits per heavy atom.